The number of carbonyl (C=O) groups is 2. The Bertz CT molecular complexity index is 817. The molecule has 0 atom stereocenters. The fourth-order valence-electron chi connectivity index (χ4n) is 2.23. The summed E-state index contributed by atoms with van der Waals surface area (Å²) in [6.07, 6.45) is -0.573. The van der Waals surface area contributed by atoms with Crippen LogP contribution in [0.1, 0.15) is 6.92 Å². The first kappa shape index (κ1) is 20.3. The van der Waals surface area contributed by atoms with Crippen LogP contribution in [0.3, 0.4) is 0 Å². The topological polar surface area (TPSA) is 83.1 Å². The van der Waals surface area contributed by atoms with Crippen molar-refractivity contribution in [1.82, 2.24) is 5.32 Å². The van der Waals surface area contributed by atoms with E-state index in [1.807, 2.05) is 24.3 Å². The Hall–Kier alpha value is -3.06. The molecule has 1 amide bonds. The van der Waals surface area contributed by atoms with E-state index >= 15 is 0 Å². The Morgan fingerprint density at radius 1 is 1.11 bits per heavy atom. The average Bonchev–Trinajstić information content (AvgIpc) is 2.66. The number of hydrogen-bond donors (Lipinski definition) is 1. The van der Waals surface area contributed by atoms with E-state index in [0.29, 0.717) is 11.3 Å². The minimum absolute atomic E-state index is 0.135. The Labute approximate surface area is 157 Å². The summed E-state index contributed by atoms with van der Waals surface area (Å²) in [6.45, 7) is 5.97. The molecule has 27 heavy (non-hydrogen) atoms. The van der Waals surface area contributed by atoms with Gasteiger partial charge < -0.3 is 24.3 Å². The van der Waals surface area contributed by atoms with Crippen molar-refractivity contribution < 1.29 is 28.5 Å². The number of amides is 1. The Morgan fingerprint density at radius 3 is 2.67 bits per heavy atom. The number of carbonyl (C=O) groups excluding carboxylic acids is 2. The molecule has 0 radical (unpaired) electrons. The SMILES string of the molecule is C=C(C)C(=O)OCCOCCNC(=O)Oc1cccc2cc(OC)ccc12. The maximum Gasteiger partial charge on any atom is 0.412 e. The third-order valence-electron chi connectivity index (χ3n) is 3.58. The molecule has 144 valence electrons. The number of rotatable bonds is 9. The zero-order valence-corrected chi connectivity index (χ0v) is 15.4. The molecule has 0 heterocycles. The number of nitrogens with one attached hydrogen (secondary N) is 1. The van der Waals surface area contributed by atoms with E-state index in [0.717, 1.165) is 16.5 Å². The lowest BCUT2D eigenvalue weighted by Gasteiger charge is -2.10. The summed E-state index contributed by atoms with van der Waals surface area (Å²) in [5, 5.41) is 4.32. The van der Waals surface area contributed by atoms with Crippen molar-refractivity contribution in [1.29, 1.82) is 0 Å². The molecular formula is C20H23NO6. The lowest BCUT2D eigenvalue weighted by molar-refractivity contribution is -0.140. The molecule has 2 aromatic rings. The molecule has 0 saturated heterocycles. The lowest BCUT2D eigenvalue weighted by atomic mass is 10.1. The first-order chi connectivity index (χ1) is 13.0. The van der Waals surface area contributed by atoms with Gasteiger partial charge in [-0.2, -0.15) is 0 Å². The summed E-state index contributed by atoms with van der Waals surface area (Å²) >= 11 is 0. The van der Waals surface area contributed by atoms with Crippen LogP contribution in [0.25, 0.3) is 10.8 Å². The minimum atomic E-state index is -0.573. The van der Waals surface area contributed by atoms with Gasteiger partial charge in [0.2, 0.25) is 0 Å². The summed E-state index contributed by atoms with van der Waals surface area (Å²) < 4.78 is 20.7. The predicted octanol–water partition coefficient (Wildman–Crippen LogP) is 3.07. The number of ether oxygens (including phenoxy) is 4. The second kappa shape index (κ2) is 10.2. The highest BCUT2D eigenvalue weighted by atomic mass is 16.6. The van der Waals surface area contributed by atoms with Crippen LogP contribution in [0.4, 0.5) is 4.79 Å². The Morgan fingerprint density at radius 2 is 1.93 bits per heavy atom. The van der Waals surface area contributed by atoms with Gasteiger partial charge in [0, 0.05) is 17.5 Å². The van der Waals surface area contributed by atoms with Gasteiger partial charge in [-0.1, -0.05) is 18.7 Å². The van der Waals surface area contributed by atoms with Gasteiger partial charge in [0.15, 0.2) is 0 Å². The quantitative estimate of drug-likeness (QED) is 0.413. The van der Waals surface area contributed by atoms with Gasteiger partial charge in [0.25, 0.3) is 0 Å². The molecule has 0 aliphatic carbocycles. The molecule has 2 rings (SSSR count). The summed E-state index contributed by atoms with van der Waals surface area (Å²) in [6, 6.07) is 11.0. The van der Waals surface area contributed by atoms with Gasteiger partial charge in [-0.15, -0.1) is 0 Å². The molecule has 0 saturated carbocycles. The molecule has 0 fully saturated rings. The van der Waals surface area contributed by atoms with Crippen molar-refractivity contribution in [3.63, 3.8) is 0 Å². The van der Waals surface area contributed by atoms with Crippen molar-refractivity contribution in [3.8, 4) is 11.5 Å². The zero-order valence-electron chi connectivity index (χ0n) is 15.4. The van der Waals surface area contributed by atoms with Gasteiger partial charge in [0.05, 0.1) is 20.3 Å². The second-order valence-corrected chi connectivity index (χ2v) is 5.69. The molecule has 7 nitrogen and oxygen atoms in total. The highest BCUT2D eigenvalue weighted by Crippen LogP contribution is 2.28. The van der Waals surface area contributed by atoms with Crippen molar-refractivity contribution in [2.75, 3.05) is 33.5 Å². The highest BCUT2D eigenvalue weighted by Gasteiger charge is 2.08. The minimum Gasteiger partial charge on any atom is -0.497 e. The molecule has 0 unspecified atom stereocenters. The van der Waals surface area contributed by atoms with E-state index in [4.69, 9.17) is 18.9 Å². The van der Waals surface area contributed by atoms with Crippen LogP contribution in [0.2, 0.25) is 0 Å². The van der Waals surface area contributed by atoms with Crippen LogP contribution in [0, 0.1) is 0 Å². The second-order valence-electron chi connectivity index (χ2n) is 5.69. The molecule has 7 heteroatoms. The number of methoxy groups -OCH3 is 1. The summed E-state index contributed by atoms with van der Waals surface area (Å²) in [5.74, 6) is 0.739. The van der Waals surface area contributed by atoms with Gasteiger partial charge in [-0.25, -0.2) is 9.59 Å². The molecule has 0 bridgehead atoms. The number of benzene rings is 2. The summed E-state index contributed by atoms with van der Waals surface area (Å²) in [5.41, 5.74) is 0.339. The maximum absolute atomic E-state index is 11.9. The predicted molar refractivity (Wildman–Crippen MR) is 101 cm³/mol. The van der Waals surface area contributed by atoms with Gasteiger partial charge >= 0.3 is 12.1 Å². The smallest absolute Gasteiger partial charge is 0.412 e. The highest BCUT2D eigenvalue weighted by molar-refractivity contribution is 5.91. The van der Waals surface area contributed by atoms with Crippen LogP contribution >= 0.6 is 0 Å². The largest absolute Gasteiger partial charge is 0.497 e. The fourth-order valence-corrected chi connectivity index (χ4v) is 2.23. The Kier molecular flexibility index (Phi) is 7.63. The van der Waals surface area contributed by atoms with Crippen LogP contribution in [-0.2, 0) is 14.3 Å². The van der Waals surface area contributed by atoms with Crippen molar-refractivity contribution in [3.05, 3.63) is 48.6 Å². The number of esters is 1. The van der Waals surface area contributed by atoms with Crippen LogP contribution < -0.4 is 14.8 Å². The molecule has 0 aliphatic heterocycles. The van der Waals surface area contributed by atoms with E-state index < -0.39 is 12.1 Å². The van der Waals surface area contributed by atoms with Crippen LogP contribution in [-0.4, -0.2) is 45.5 Å². The normalized spacial score (nSPS) is 10.3. The summed E-state index contributed by atoms with van der Waals surface area (Å²) in [7, 11) is 1.60. The molecular weight excluding hydrogens is 350 g/mol. The maximum atomic E-state index is 11.9. The standard InChI is InChI=1S/C20H23NO6/c1-14(2)19(22)26-12-11-25-10-9-21-20(23)27-18-6-4-5-15-13-16(24-3)7-8-17(15)18/h4-8,13H,1,9-12H2,2-3H3,(H,21,23). The zero-order chi connectivity index (χ0) is 19.6. The monoisotopic (exact) mass is 373 g/mol. The van der Waals surface area contributed by atoms with Gasteiger partial charge in [-0.05, 0) is 36.6 Å². The van der Waals surface area contributed by atoms with Crippen LogP contribution in [0.5, 0.6) is 11.5 Å². The first-order valence-corrected chi connectivity index (χ1v) is 8.44. The third-order valence-corrected chi connectivity index (χ3v) is 3.58. The van der Waals surface area contributed by atoms with E-state index in [-0.39, 0.29) is 26.4 Å². The fraction of sp³-hybridized carbons (Fsp3) is 0.300. The van der Waals surface area contributed by atoms with E-state index in [2.05, 4.69) is 11.9 Å². The Balaban J connectivity index is 1.72. The van der Waals surface area contributed by atoms with E-state index in [1.54, 1.807) is 26.2 Å². The van der Waals surface area contributed by atoms with Gasteiger partial charge in [-0.3, -0.25) is 0 Å². The van der Waals surface area contributed by atoms with Crippen molar-refractivity contribution >= 4 is 22.8 Å². The third kappa shape index (κ3) is 6.31. The number of fused-ring (bicyclic) bond motifs is 1. The molecule has 0 aliphatic rings. The number of hydrogen-bond acceptors (Lipinski definition) is 6. The van der Waals surface area contributed by atoms with Crippen molar-refractivity contribution in [2.45, 2.75) is 6.92 Å². The molecule has 0 aromatic heterocycles. The van der Waals surface area contributed by atoms with Crippen molar-refractivity contribution in [2.24, 2.45) is 0 Å². The summed E-state index contributed by atoms with van der Waals surface area (Å²) in [4.78, 5) is 23.1. The molecule has 0 spiro atoms. The van der Waals surface area contributed by atoms with Crippen LogP contribution in [0.15, 0.2) is 48.6 Å². The molecule has 1 N–H and O–H groups in total. The van der Waals surface area contributed by atoms with Gasteiger partial charge in [0.1, 0.15) is 18.1 Å². The van der Waals surface area contributed by atoms with E-state index in [9.17, 15) is 9.59 Å². The average molecular weight is 373 g/mol. The van der Waals surface area contributed by atoms with E-state index in [1.165, 1.54) is 0 Å². The molecule has 2 aromatic carbocycles. The lowest BCUT2D eigenvalue weighted by Crippen LogP contribution is -2.30. The first-order valence-electron chi connectivity index (χ1n) is 8.44.